The Bertz CT molecular complexity index is 318. The van der Waals surface area contributed by atoms with Gasteiger partial charge in [-0.05, 0) is 19.8 Å². The van der Waals surface area contributed by atoms with Gasteiger partial charge in [0.2, 0.25) is 5.91 Å². The Hall–Kier alpha value is -1.32. The molecule has 0 unspecified atom stereocenters. The Labute approximate surface area is 110 Å². The third kappa shape index (κ3) is 6.42. The van der Waals surface area contributed by atoms with Gasteiger partial charge in [-0.3, -0.25) is 9.59 Å². The summed E-state index contributed by atoms with van der Waals surface area (Å²) >= 11 is 0. The molecule has 0 aliphatic heterocycles. The normalized spacial score (nSPS) is 12.2. The number of carbonyl (C=O) groups is 2. The first kappa shape index (κ1) is 16.7. The van der Waals surface area contributed by atoms with Crippen LogP contribution in [-0.2, 0) is 9.59 Å². The second-order valence-corrected chi connectivity index (χ2v) is 5.76. The molecule has 0 saturated heterocycles. The van der Waals surface area contributed by atoms with Gasteiger partial charge in [0.15, 0.2) is 5.78 Å². The fourth-order valence-electron chi connectivity index (χ4n) is 1.48. The zero-order valence-corrected chi connectivity index (χ0v) is 12.3. The van der Waals surface area contributed by atoms with Crippen LogP contribution in [0.25, 0.3) is 0 Å². The predicted octanol–water partition coefficient (Wildman–Crippen LogP) is 1.87. The lowest BCUT2D eigenvalue weighted by Gasteiger charge is -2.25. The molecule has 0 atom stereocenters. The van der Waals surface area contributed by atoms with Gasteiger partial charge >= 0.3 is 0 Å². The minimum absolute atomic E-state index is 0.0318. The van der Waals surface area contributed by atoms with Crippen molar-refractivity contribution in [1.82, 2.24) is 10.6 Å². The maximum atomic E-state index is 11.9. The van der Waals surface area contributed by atoms with Crippen LogP contribution in [0.2, 0.25) is 0 Å². The SMILES string of the molecule is CC(C)CNC(=O)/C=C\NC(C)(C)C(=O)C(C)C. The second-order valence-electron chi connectivity index (χ2n) is 5.76. The molecule has 4 heteroatoms. The average molecular weight is 254 g/mol. The molecule has 4 nitrogen and oxygen atoms in total. The molecule has 2 N–H and O–H groups in total. The molecule has 0 aliphatic carbocycles. The molecule has 0 aliphatic rings. The standard InChI is InChI=1S/C14H26N2O2/c1-10(2)9-15-12(17)7-8-16-14(5,6)13(18)11(3)4/h7-8,10-11,16H,9H2,1-6H3,(H,15,17)/b8-7-. The second kappa shape index (κ2) is 7.19. The van der Waals surface area contributed by atoms with Crippen LogP contribution in [0.1, 0.15) is 41.5 Å². The van der Waals surface area contributed by atoms with E-state index in [1.54, 1.807) is 0 Å². The van der Waals surface area contributed by atoms with Gasteiger partial charge in [0.05, 0.1) is 5.54 Å². The number of rotatable bonds is 7. The third-order valence-corrected chi connectivity index (χ3v) is 2.50. The van der Waals surface area contributed by atoms with Crippen molar-refractivity contribution in [2.75, 3.05) is 6.54 Å². The molecule has 0 aromatic rings. The van der Waals surface area contributed by atoms with Crippen LogP contribution in [0.4, 0.5) is 0 Å². The minimum Gasteiger partial charge on any atom is -0.379 e. The molecule has 0 fully saturated rings. The van der Waals surface area contributed by atoms with E-state index in [-0.39, 0.29) is 17.6 Å². The van der Waals surface area contributed by atoms with Crippen LogP contribution in [0, 0.1) is 11.8 Å². The summed E-state index contributed by atoms with van der Waals surface area (Å²) < 4.78 is 0. The molecular weight excluding hydrogens is 228 g/mol. The highest BCUT2D eigenvalue weighted by atomic mass is 16.1. The van der Waals surface area contributed by atoms with Crippen LogP contribution < -0.4 is 10.6 Å². The van der Waals surface area contributed by atoms with Gasteiger partial charge in [0.25, 0.3) is 0 Å². The van der Waals surface area contributed by atoms with E-state index < -0.39 is 5.54 Å². The smallest absolute Gasteiger partial charge is 0.245 e. The van der Waals surface area contributed by atoms with Gasteiger partial charge < -0.3 is 10.6 Å². The van der Waals surface area contributed by atoms with E-state index in [4.69, 9.17) is 0 Å². The molecule has 0 spiro atoms. The lowest BCUT2D eigenvalue weighted by atomic mass is 9.91. The van der Waals surface area contributed by atoms with Gasteiger partial charge in [-0.15, -0.1) is 0 Å². The first-order chi connectivity index (χ1) is 8.16. The first-order valence-corrected chi connectivity index (χ1v) is 6.43. The summed E-state index contributed by atoms with van der Waals surface area (Å²) in [4.78, 5) is 23.3. The fourth-order valence-corrected chi connectivity index (χ4v) is 1.48. The van der Waals surface area contributed by atoms with Crippen molar-refractivity contribution in [3.05, 3.63) is 12.3 Å². The summed E-state index contributed by atoms with van der Waals surface area (Å²) in [5, 5.41) is 5.74. The number of ketones is 1. The maximum absolute atomic E-state index is 11.9. The fraction of sp³-hybridized carbons (Fsp3) is 0.714. The van der Waals surface area contributed by atoms with E-state index in [2.05, 4.69) is 10.6 Å². The minimum atomic E-state index is -0.650. The van der Waals surface area contributed by atoms with E-state index >= 15 is 0 Å². The zero-order valence-electron chi connectivity index (χ0n) is 12.3. The zero-order chi connectivity index (χ0) is 14.3. The Morgan fingerprint density at radius 3 is 2.17 bits per heavy atom. The Kier molecular flexibility index (Phi) is 6.66. The average Bonchev–Trinajstić information content (AvgIpc) is 2.24. The summed E-state index contributed by atoms with van der Waals surface area (Å²) in [5.74, 6) is 0.365. The predicted molar refractivity (Wildman–Crippen MR) is 74.0 cm³/mol. The Morgan fingerprint density at radius 1 is 1.17 bits per heavy atom. The molecule has 0 bridgehead atoms. The highest BCUT2D eigenvalue weighted by molar-refractivity contribution is 5.90. The van der Waals surface area contributed by atoms with E-state index in [9.17, 15) is 9.59 Å². The largest absolute Gasteiger partial charge is 0.379 e. The summed E-state index contributed by atoms with van der Waals surface area (Å²) in [6.07, 6.45) is 2.95. The summed E-state index contributed by atoms with van der Waals surface area (Å²) in [6, 6.07) is 0. The van der Waals surface area contributed by atoms with Crippen molar-refractivity contribution < 1.29 is 9.59 Å². The molecule has 0 heterocycles. The Morgan fingerprint density at radius 2 is 1.72 bits per heavy atom. The highest BCUT2D eigenvalue weighted by Crippen LogP contribution is 2.10. The molecule has 1 amide bonds. The van der Waals surface area contributed by atoms with Gasteiger partial charge in [-0.25, -0.2) is 0 Å². The highest BCUT2D eigenvalue weighted by Gasteiger charge is 2.27. The number of carbonyl (C=O) groups excluding carboxylic acids is 2. The summed E-state index contributed by atoms with van der Waals surface area (Å²) in [5.41, 5.74) is -0.650. The molecule has 0 aromatic carbocycles. The molecular formula is C14H26N2O2. The van der Waals surface area contributed by atoms with Crippen LogP contribution in [0.15, 0.2) is 12.3 Å². The molecule has 18 heavy (non-hydrogen) atoms. The van der Waals surface area contributed by atoms with Gasteiger partial charge in [-0.1, -0.05) is 27.7 Å². The molecule has 0 aromatic heterocycles. The molecule has 0 saturated carbocycles. The number of Topliss-reactive ketones (excluding diaryl/α,β-unsaturated/α-hetero) is 1. The van der Waals surface area contributed by atoms with Crippen LogP contribution in [0.5, 0.6) is 0 Å². The monoisotopic (exact) mass is 254 g/mol. The van der Waals surface area contributed by atoms with E-state index in [0.29, 0.717) is 12.5 Å². The molecule has 0 radical (unpaired) electrons. The third-order valence-electron chi connectivity index (χ3n) is 2.50. The van der Waals surface area contributed by atoms with E-state index in [1.165, 1.54) is 12.3 Å². The summed E-state index contributed by atoms with van der Waals surface area (Å²) in [6.45, 7) is 12.1. The van der Waals surface area contributed by atoms with Crippen LogP contribution >= 0.6 is 0 Å². The van der Waals surface area contributed by atoms with Crippen molar-refractivity contribution in [2.24, 2.45) is 11.8 Å². The first-order valence-electron chi connectivity index (χ1n) is 6.43. The van der Waals surface area contributed by atoms with Crippen molar-refractivity contribution in [3.8, 4) is 0 Å². The number of amides is 1. The van der Waals surface area contributed by atoms with Crippen LogP contribution in [-0.4, -0.2) is 23.8 Å². The van der Waals surface area contributed by atoms with Crippen molar-refractivity contribution >= 4 is 11.7 Å². The van der Waals surface area contributed by atoms with Gasteiger partial charge in [0.1, 0.15) is 0 Å². The van der Waals surface area contributed by atoms with Gasteiger partial charge in [-0.2, -0.15) is 0 Å². The molecule has 104 valence electrons. The van der Waals surface area contributed by atoms with Crippen molar-refractivity contribution in [3.63, 3.8) is 0 Å². The quantitative estimate of drug-likeness (QED) is 0.682. The molecule has 0 rings (SSSR count). The van der Waals surface area contributed by atoms with Crippen molar-refractivity contribution in [2.45, 2.75) is 47.1 Å². The lowest BCUT2D eigenvalue weighted by Crippen LogP contribution is -2.46. The lowest BCUT2D eigenvalue weighted by molar-refractivity contribution is -0.127. The number of nitrogens with one attached hydrogen (secondary N) is 2. The van der Waals surface area contributed by atoms with Crippen molar-refractivity contribution in [1.29, 1.82) is 0 Å². The van der Waals surface area contributed by atoms with Crippen LogP contribution in [0.3, 0.4) is 0 Å². The Balaban J connectivity index is 4.22. The maximum Gasteiger partial charge on any atom is 0.245 e. The van der Waals surface area contributed by atoms with E-state index in [1.807, 2.05) is 41.5 Å². The topological polar surface area (TPSA) is 58.2 Å². The summed E-state index contributed by atoms with van der Waals surface area (Å²) in [7, 11) is 0. The van der Waals surface area contributed by atoms with E-state index in [0.717, 1.165) is 0 Å². The number of hydrogen-bond donors (Lipinski definition) is 2. The number of hydrogen-bond acceptors (Lipinski definition) is 3. The van der Waals surface area contributed by atoms with Gasteiger partial charge in [0, 0.05) is 24.7 Å².